The van der Waals surface area contributed by atoms with Crippen LogP contribution in [0.4, 0.5) is 0 Å². The zero-order chi connectivity index (χ0) is 10.7. The Morgan fingerprint density at radius 1 is 1.21 bits per heavy atom. The average Bonchev–Trinajstić information content (AvgIpc) is 2.16. The molecule has 0 spiro atoms. The second-order valence-corrected chi connectivity index (χ2v) is 4.00. The number of ketones is 1. The van der Waals surface area contributed by atoms with E-state index in [9.17, 15) is 4.79 Å². The van der Waals surface area contributed by atoms with E-state index in [0.29, 0.717) is 5.56 Å². The van der Waals surface area contributed by atoms with Gasteiger partial charge in [0.05, 0.1) is 6.04 Å². The molecular formula is C12H17NO. The van der Waals surface area contributed by atoms with Crippen molar-refractivity contribution in [2.24, 2.45) is 11.7 Å². The summed E-state index contributed by atoms with van der Waals surface area (Å²) in [4.78, 5) is 11.8. The van der Waals surface area contributed by atoms with Crippen LogP contribution in [-0.4, -0.2) is 11.8 Å². The van der Waals surface area contributed by atoms with Gasteiger partial charge in [-0.05, 0) is 12.8 Å². The highest BCUT2D eigenvalue weighted by atomic mass is 16.1. The number of nitrogens with two attached hydrogens (primary N) is 1. The summed E-state index contributed by atoms with van der Waals surface area (Å²) in [6, 6.07) is 7.14. The molecule has 2 nitrogen and oxygen atoms in total. The van der Waals surface area contributed by atoms with Crippen LogP contribution in [0.1, 0.15) is 29.8 Å². The third kappa shape index (κ3) is 2.42. The van der Waals surface area contributed by atoms with E-state index in [-0.39, 0.29) is 11.7 Å². The van der Waals surface area contributed by atoms with Gasteiger partial charge in [0, 0.05) is 5.56 Å². The minimum Gasteiger partial charge on any atom is -0.321 e. The van der Waals surface area contributed by atoms with Crippen LogP contribution in [0, 0.1) is 12.8 Å². The van der Waals surface area contributed by atoms with Gasteiger partial charge < -0.3 is 5.73 Å². The highest BCUT2D eigenvalue weighted by Gasteiger charge is 2.18. The third-order valence-corrected chi connectivity index (χ3v) is 2.36. The van der Waals surface area contributed by atoms with Gasteiger partial charge in [-0.25, -0.2) is 0 Å². The largest absolute Gasteiger partial charge is 0.321 e. The molecular weight excluding hydrogens is 174 g/mol. The van der Waals surface area contributed by atoms with Gasteiger partial charge in [-0.15, -0.1) is 0 Å². The molecule has 1 aromatic carbocycles. The normalized spacial score (nSPS) is 12.9. The van der Waals surface area contributed by atoms with E-state index in [0.717, 1.165) is 5.56 Å². The fourth-order valence-corrected chi connectivity index (χ4v) is 1.21. The van der Waals surface area contributed by atoms with Gasteiger partial charge in [0.2, 0.25) is 0 Å². The molecule has 76 valence electrons. The van der Waals surface area contributed by atoms with E-state index in [1.54, 1.807) is 0 Å². The minimum atomic E-state index is -0.391. The molecule has 1 rings (SSSR count). The van der Waals surface area contributed by atoms with Gasteiger partial charge in [0.15, 0.2) is 5.78 Å². The topological polar surface area (TPSA) is 43.1 Å². The van der Waals surface area contributed by atoms with Crippen molar-refractivity contribution in [2.75, 3.05) is 0 Å². The Kier molecular flexibility index (Phi) is 3.42. The number of hydrogen-bond donors (Lipinski definition) is 1. The summed E-state index contributed by atoms with van der Waals surface area (Å²) < 4.78 is 0. The standard InChI is InChI=1S/C12H17NO/c1-8(2)11(13)12(14)10-6-4-9(3)5-7-10/h4-8,11H,13H2,1-3H3/t11-/m1/s1. The molecule has 0 aliphatic carbocycles. The lowest BCUT2D eigenvalue weighted by Crippen LogP contribution is -2.35. The summed E-state index contributed by atoms with van der Waals surface area (Å²) in [5, 5.41) is 0. The quantitative estimate of drug-likeness (QED) is 0.744. The fraction of sp³-hybridized carbons (Fsp3) is 0.417. The molecule has 1 atom stereocenters. The molecule has 0 aliphatic heterocycles. The van der Waals surface area contributed by atoms with Crippen LogP contribution in [0.3, 0.4) is 0 Å². The highest BCUT2D eigenvalue weighted by molar-refractivity contribution is 6.00. The summed E-state index contributed by atoms with van der Waals surface area (Å²) in [6.45, 7) is 5.91. The van der Waals surface area contributed by atoms with E-state index in [4.69, 9.17) is 5.73 Å². The zero-order valence-electron chi connectivity index (χ0n) is 8.95. The monoisotopic (exact) mass is 191 g/mol. The maximum Gasteiger partial charge on any atom is 0.179 e. The van der Waals surface area contributed by atoms with Gasteiger partial charge in [-0.1, -0.05) is 43.7 Å². The van der Waals surface area contributed by atoms with E-state index in [1.807, 2.05) is 45.0 Å². The summed E-state index contributed by atoms with van der Waals surface area (Å²) in [5.41, 5.74) is 7.64. The van der Waals surface area contributed by atoms with Gasteiger partial charge >= 0.3 is 0 Å². The summed E-state index contributed by atoms with van der Waals surface area (Å²) in [7, 11) is 0. The van der Waals surface area contributed by atoms with Crippen LogP contribution >= 0.6 is 0 Å². The van der Waals surface area contributed by atoms with Crippen LogP contribution in [0.15, 0.2) is 24.3 Å². The molecule has 0 heterocycles. The van der Waals surface area contributed by atoms with E-state index in [2.05, 4.69) is 0 Å². The number of benzene rings is 1. The minimum absolute atomic E-state index is 0.0278. The van der Waals surface area contributed by atoms with Crippen LogP contribution in [0.25, 0.3) is 0 Å². The molecule has 0 aliphatic rings. The van der Waals surface area contributed by atoms with E-state index >= 15 is 0 Å². The summed E-state index contributed by atoms with van der Waals surface area (Å²) in [5.74, 6) is 0.212. The maximum absolute atomic E-state index is 11.8. The Morgan fingerprint density at radius 3 is 2.14 bits per heavy atom. The molecule has 1 aromatic rings. The molecule has 0 aromatic heterocycles. The Morgan fingerprint density at radius 2 is 1.71 bits per heavy atom. The van der Waals surface area contributed by atoms with Crippen molar-refractivity contribution in [3.05, 3.63) is 35.4 Å². The number of carbonyl (C=O) groups is 1. The van der Waals surface area contributed by atoms with Crippen LogP contribution in [-0.2, 0) is 0 Å². The predicted molar refractivity (Wildman–Crippen MR) is 58.3 cm³/mol. The van der Waals surface area contributed by atoms with Crippen molar-refractivity contribution < 1.29 is 4.79 Å². The summed E-state index contributed by atoms with van der Waals surface area (Å²) in [6.07, 6.45) is 0. The zero-order valence-corrected chi connectivity index (χ0v) is 8.95. The maximum atomic E-state index is 11.8. The first-order chi connectivity index (χ1) is 6.52. The fourth-order valence-electron chi connectivity index (χ4n) is 1.21. The van der Waals surface area contributed by atoms with Crippen LogP contribution < -0.4 is 5.73 Å². The number of aryl methyl sites for hydroxylation is 1. The van der Waals surface area contributed by atoms with Gasteiger partial charge in [-0.3, -0.25) is 4.79 Å². The van der Waals surface area contributed by atoms with Crippen molar-refractivity contribution >= 4 is 5.78 Å². The Bertz CT molecular complexity index is 314. The van der Waals surface area contributed by atoms with Crippen molar-refractivity contribution in [1.29, 1.82) is 0 Å². The number of carbonyl (C=O) groups excluding carboxylic acids is 1. The molecule has 0 bridgehead atoms. The Hall–Kier alpha value is -1.15. The first-order valence-corrected chi connectivity index (χ1v) is 4.89. The molecule has 2 N–H and O–H groups in total. The molecule has 0 saturated heterocycles. The third-order valence-electron chi connectivity index (χ3n) is 2.36. The molecule has 0 saturated carbocycles. The lowest BCUT2D eigenvalue weighted by atomic mass is 9.95. The molecule has 0 fully saturated rings. The van der Waals surface area contributed by atoms with Gasteiger partial charge in [-0.2, -0.15) is 0 Å². The summed E-state index contributed by atoms with van der Waals surface area (Å²) >= 11 is 0. The van der Waals surface area contributed by atoms with E-state index < -0.39 is 6.04 Å². The van der Waals surface area contributed by atoms with Crippen LogP contribution in [0.5, 0.6) is 0 Å². The average molecular weight is 191 g/mol. The number of Topliss-reactive ketones (excluding diaryl/α,β-unsaturated/α-hetero) is 1. The molecule has 2 heteroatoms. The van der Waals surface area contributed by atoms with Crippen molar-refractivity contribution in [2.45, 2.75) is 26.8 Å². The molecule has 0 unspecified atom stereocenters. The SMILES string of the molecule is Cc1ccc(C(=O)[C@H](N)C(C)C)cc1. The van der Waals surface area contributed by atoms with Crippen molar-refractivity contribution in [3.63, 3.8) is 0 Å². The molecule has 0 amide bonds. The number of rotatable bonds is 3. The first-order valence-electron chi connectivity index (χ1n) is 4.89. The molecule has 14 heavy (non-hydrogen) atoms. The van der Waals surface area contributed by atoms with Crippen molar-refractivity contribution in [1.82, 2.24) is 0 Å². The first kappa shape index (κ1) is 10.9. The molecule has 0 radical (unpaired) electrons. The lowest BCUT2D eigenvalue weighted by Gasteiger charge is -2.14. The van der Waals surface area contributed by atoms with E-state index in [1.165, 1.54) is 0 Å². The smallest absolute Gasteiger partial charge is 0.179 e. The predicted octanol–water partition coefficient (Wildman–Crippen LogP) is 2.16. The van der Waals surface area contributed by atoms with Crippen LogP contribution in [0.2, 0.25) is 0 Å². The lowest BCUT2D eigenvalue weighted by molar-refractivity contribution is 0.0940. The second-order valence-electron chi connectivity index (χ2n) is 4.00. The highest BCUT2D eigenvalue weighted by Crippen LogP contribution is 2.09. The second kappa shape index (κ2) is 4.38. The Balaban J connectivity index is 2.84. The van der Waals surface area contributed by atoms with Crippen molar-refractivity contribution in [3.8, 4) is 0 Å². The number of hydrogen-bond acceptors (Lipinski definition) is 2. The van der Waals surface area contributed by atoms with Gasteiger partial charge in [0.25, 0.3) is 0 Å². The van der Waals surface area contributed by atoms with Gasteiger partial charge in [0.1, 0.15) is 0 Å². The Labute approximate surface area is 85.1 Å².